The molecular formula is C18H19N3O4S. The van der Waals surface area contributed by atoms with Gasteiger partial charge in [0.2, 0.25) is 0 Å². The van der Waals surface area contributed by atoms with Crippen LogP contribution in [-0.2, 0) is 23.6 Å². The number of anilines is 1. The Bertz CT molecular complexity index is 1020. The minimum absolute atomic E-state index is 0.0130. The number of sulfonamides is 1. The smallest absolute Gasteiger partial charge is 0.266 e. The fraction of sp³-hybridized carbons (Fsp3) is 0.167. The van der Waals surface area contributed by atoms with Crippen LogP contribution in [-0.4, -0.2) is 18.9 Å². The number of furan rings is 1. The van der Waals surface area contributed by atoms with Crippen LogP contribution in [0.1, 0.15) is 21.8 Å². The van der Waals surface area contributed by atoms with Crippen molar-refractivity contribution in [2.45, 2.75) is 18.4 Å². The Labute approximate surface area is 151 Å². The Kier molecular flexibility index (Phi) is 4.60. The van der Waals surface area contributed by atoms with Crippen molar-refractivity contribution in [3.8, 4) is 0 Å². The summed E-state index contributed by atoms with van der Waals surface area (Å²) >= 11 is 0. The van der Waals surface area contributed by atoms with Crippen LogP contribution in [0.3, 0.4) is 0 Å². The summed E-state index contributed by atoms with van der Waals surface area (Å²) < 4.78 is 34.5. The highest BCUT2D eigenvalue weighted by molar-refractivity contribution is 7.92. The van der Waals surface area contributed by atoms with Crippen LogP contribution in [0.5, 0.6) is 0 Å². The normalized spacial score (nSPS) is 11.5. The molecule has 0 atom stereocenters. The predicted octanol–water partition coefficient (Wildman–Crippen LogP) is 2.42. The number of nitrogens with two attached hydrogens (primary N) is 1. The lowest BCUT2D eigenvalue weighted by Crippen LogP contribution is -2.30. The molecule has 0 saturated carbocycles. The number of carbonyl (C=O) groups is 1. The van der Waals surface area contributed by atoms with Gasteiger partial charge in [0.25, 0.3) is 15.9 Å². The molecule has 0 bridgehead atoms. The molecule has 1 aromatic carbocycles. The van der Waals surface area contributed by atoms with Gasteiger partial charge in [0.15, 0.2) is 0 Å². The fourth-order valence-electron chi connectivity index (χ4n) is 2.62. The molecule has 136 valence electrons. The van der Waals surface area contributed by atoms with E-state index in [1.807, 2.05) is 19.1 Å². The number of primary amides is 1. The summed E-state index contributed by atoms with van der Waals surface area (Å²) in [6.07, 6.45) is 2.86. The first-order valence-electron chi connectivity index (χ1n) is 7.87. The van der Waals surface area contributed by atoms with Crippen LogP contribution in [0.25, 0.3) is 0 Å². The molecule has 0 radical (unpaired) electrons. The Morgan fingerprint density at radius 1 is 1.23 bits per heavy atom. The predicted molar refractivity (Wildman–Crippen MR) is 97.2 cm³/mol. The summed E-state index contributed by atoms with van der Waals surface area (Å²) in [7, 11) is -2.36. The molecule has 7 nitrogen and oxygen atoms in total. The third-order valence-corrected chi connectivity index (χ3v) is 5.76. The van der Waals surface area contributed by atoms with Gasteiger partial charge in [-0.05, 0) is 37.3 Å². The monoisotopic (exact) mass is 373 g/mol. The first-order chi connectivity index (χ1) is 12.3. The second-order valence-corrected chi connectivity index (χ2v) is 7.83. The van der Waals surface area contributed by atoms with Crippen LogP contribution in [0.2, 0.25) is 0 Å². The van der Waals surface area contributed by atoms with Crippen LogP contribution in [0, 0.1) is 6.92 Å². The standard InChI is InChI=1S/C18H19N3O4S/c1-13-5-7-14(8-6-13)21(11-15-4-3-9-25-15)26(23,24)16-10-17(18(19)22)20(2)12-16/h3-10,12H,11H2,1-2H3,(H2,19,22). The largest absolute Gasteiger partial charge is 0.467 e. The average molecular weight is 373 g/mol. The van der Waals surface area contributed by atoms with Gasteiger partial charge in [-0.3, -0.25) is 9.10 Å². The molecule has 0 aliphatic rings. The molecule has 3 aromatic rings. The van der Waals surface area contributed by atoms with Crippen LogP contribution < -0.4 is 10.0 Å². The maximum atomic E-state index is 13.3. The van der Waals surface area contributed by atoms with Gasteiger partial charge in [0.1, 0.15) is 16.3 Å². The lowest BCUT2D eigenvalue weighted by atomic mass is 10.2. The van der Waals surface area contributed by atoms with Gasteiger partial charge in [-0.1, -0.05) is 17.7 Å². The SMILES string of the molecule is Cc1ccc(N(Cc2ccco2)S(=O)(=O)c2cc(C(N)=O)n(C)c2)cc1. The lowest BCUT2D eigenvalue weighted by molar-refractivity contribution is 0.0992. The lowest BCUT2D eigenvalue weighted by Gasteiger charge is -2.23. The van der Waals surface area contributed by atoms with Gasteiger partial charge in [-0.2, -0.15) is 0 Å². The molecule has 2 N–H and O–H groups in total. The van der Waals surface area contributed by atoms with Crippen molar-refractivity contribution in [3.63, 3.8) is 0 Å². The summed E-state index contributed by atoms with van der Waals surface area (Å²) in [6.45, 7) is 1.95. The second kappa shape index (κ2) is 6.72. The average Bonchev–Trinajstić information content (AvgIpc) is 3.23. The second-order valence-electron chi connectivity index (χ2n) is 5.96. The zero-order valence-electron chi connectivity index (χ0n) is 14.4. The molecule has 0 aliphatic heterocycles. The Hall–Kier alpha value is -3.00. The third kappa shape index (κ3) is 3.36. The number of hydrogen-bond donors (Lipinski definition) is 1. The van der Waals surface area contributed by atoms with Crippen molar-refractivity contribution < 1.29 is 17.6 Å². The van der Waals surface area contributed by atoms with Gasteiger partial charge in [0, 0.05) is 13.2 Å². The summed E-state index contributed by atoms with van der Waals surface area (Å²) in [4.78, 5) is 11.5. The number of amides is 1. The summed E-state index contributed by atoms with van der Waals surface area (Å²) in [5, 5.41) is 0. The van der Waals surface area contributed by atoms with Gasteiger partial charge >= 0.3 is 0 Å². The van der Waals surface area contributed by atoms with E-state index in [1.165, 1.54) is 27.4 Å². The Morgan fingerprint density at radius 2 is 1.92 bits per heavy atom. The van der Waals surface area contributed by atoms with E-state index in [2.05, 4.69) is 0 Å². The third-order valence-electron chi connectivity index (χ3n) is 4.02. The highest BCUT2D eigenvalue weighted by atomic mass is 32.2. The Balaban J connectivity index is 2.08. The first-order valence-corrected chi connectivity index (χ1v) is 9.31. The van der Waals surface area contributed by atoms with E-state index in [0.717, 1.165) is 5.56 Å². The van der Waals surface area contributed by atoms with Crippen molar-refractivity contribution in [2.75, 3.05) is 4.31 Å². The fourth-order valence-corrected chi connectivity index (χ4v) is 4.12. The molecule has 0 unspecified atom stereocenters. The van der Waals surface area contributed by atoms with Crippen LogP contribution >= 0.6 is 0 Å². The van der Waals surface area contributed by atoms with E-state index in [9.17, 15) is 13.2 Å². The van der Waals surface area contributed by atoms with Gasteiger partial charge in [-0.25, -0.2) is 8.42 Å². The molecule has 0 saturated heterocycles. The van der Waals surface area contributed by atoms with Gasteiger partial charge < -0.3 is 14.7 Å². The van der Waals surface area contributed by atoms with E-state index >= 15 is 0 Å². The zero-order valence-corrected chi connectivity index (χ0v) is 15.2. The van der Waals surface area contributed by atoms with E-state index in [-0.39, 0.29) is 17.1 Å². The number of nitrogens with zero attached hydrogens (tertiary/aromatic N) is 2. The minimum atomic E-state index is -3.93. The zero-order chi connectivity index (χ0) is 18.9. The van der Waals surface area contributed by atoms with Crippen molar-refractivity contribution in [1.82, 2.24) is 4.57 Å². The Morgan fingerprint density at radius 3 is 2.46 bits per heavy atom. The molecule has 1 amide bonds. The van der Waals surface area contributed by atoms with E-state index in [0.29, 0.717) is 11.4 Å². The van der Waals surface area contributed by atoms with E-state index in [1.54, 1.807) is 31.3 Å². The first kappa shape index (κ1) is 17.8. The molecular weight excluding hydrogens is 354 g/mol. The number of hydrogen-bond acceptors (Lipinski definition) is 4. The molecule has 2 aromatic heterocycles. The quantitative estimate of drug-likeness (QED) is 0.717. The van der Waals surface area contributed by atoms with E-state index < -0.39 is 15.9 Å². The molecule has 8 heteroatoms. The summed E-state index contributed by atoms with van der Waals surface area (Å²) in [5.74, 6) is -0.193. The van der Waals surface area contributed by atoms with Crippen molar-refractivity contribution in [1.29, 1.82) is 0 Å². The number of rotatable bonds is 6. The molecule has 0 aliphatic carbocycles. The number of aromatic nitrogens is 1. The molecule has 3 rings (SSSR count). The molecule has 0 spiro atoms. The molecule has 2 heterocycles. The highest BCUT2D eigenvalue weighted by Crippen LogP contribution is 2.27. The van der Waals surface area contributed by atoms with Crippen LogP contribution in [0.15, 0.2) is 64.2 Å². The number of aryl methyl sites for hydroxylation is 2. The van der Waals surface area contributed by atoms with Crippen molar-refractivity contribution in [2.24, 2.45) is 12.8 Å². The van der Waals surface area contributed by atoms with Crippen molar-refractivity contribution in [3.05, 3.63) is 71.9 Å². The molecule has 26 heavy (non-hydrogen) atoms. The maximum absolute atomic E-state index is 13.3. The van der Waals surface area contributed by atoms with E-state index in [4.69, 9.17) is 10.2 Å². The molecule has 0 fully saturated rings. The highest BCUT2D eigenvalue weighted by Gasteiger charge is 2.28. The topological polar surface area (TPSA) is 98.5 Å². The van der Waals surface area contributed by atoms with Gasteiger partial charge in [0.05, 0.1) is 18.5 Å². The van der Waals surface area contributed by atoms with Gasteiger partial charge in [-0.15, -0.1) is 0 Å². The van der Waals surface area contributed by atoms with Crippen molar-refractivity contribution >= 4 is 21.6 Å². The summed E-state index contributed by atoms with van der Waals surface area (Å²) in [6, 6.07) is 11.8. The summed E-state index contributed by atoms with van der Waals surface area (Å²) in [5.41, 5.74) is 6.93. The number of carbonyl (C=O) groups excluding carboxylic acids is 1. The van der Waals surface area contributed by atoms with Crippen LogP contribution in [0.4, 0.5) is 5.69 Å². The number of benzene rings is 1. The maximum Gasteiger partial charge on any atom is 0.266 e. The minimum Gasteiger partial charge on any atom is -0.467 e.